The van der Waals surface area contributed by atoms with Crippen LogP contribution >= 0.6 is 0 Å². The van der Waals surface area contributed by atoms with Crippen molar-refractivity contribution in [1.82, 2.24) is 5.32 Å². The summed E-state index contributed by atoms with van der Waals surface area (Å²) in [6, 6.07) is 19.0. The van der Waals surface area contributed by atoms with Gasteiger partial charge in [-0.25, -0.2) is 0 Å². The minimum atomic E-state index is 0.484. The van der Waals surface area contributed by atoms with Crippen LogP contribution in [-0.2, 0) is 12.8 Å². The highest BCUT2D eigenvalue weighted by Crippen LogP contribution is 2.31. The summed E-state index contributed by atoms with van der Waals surface area (Å²) in [5.41, 5.74) is 5.96. The molecule has 1 aliphatic rings. The Morgan fingerprint density at radius 3 is 2.59 bits per heavy atom. The third kappa shape index (κ3) is 3.41. The van der Waals surface area contributed by atoms with E-state index in [-0.39, 0.29) is 0 Å². The molecule has 0 saturated carbocycles. The van der Waals surface area contributed by atoms with Crippen LogP contribution in [0.3, 0.4) is 0 Å². The van der Waals surface area contributed by atoms with Gasteiger partial charge in [0.1, 0.15) is 0 Å². The average Bonchev–Trinajstić information content (AvgIpc) is 2.53. The normalized spacial score (nSPS) is 20.9. The minimum absolute atomic E-state index is 0.484. The van der Waals surface area contributed by atoms with Gasteiger partial charge in [-0.05, 0) is 54.4 Å². The van der Waals surface area contributed by atoms with Crippen molar-refractivity contribution < 1.29 is 0 Å². The molecule has 0 saturated heterocycles. The van der Waals surface area contributed by atoms with E-state index in [0.717, 1.165) is 12.8 Å². The Hall–Kier alpha value is -1.60. The van der Waals surface area contributed by atoms with Crippen LogP contribution in [0.2, 0.25) is 0 Å². The van der Waals surface area contributed by atoms with Crippen molar-refractivity contribution in [3.8, 4) is 0 Å². The molecule has 1 aliphatic heterocycles. The SMILES string of the molecule is CC1Cc2ccc(C(C)C)cc2C(CCc2ccccc2)N1. The average molecular weight is 293 g/mol. The maximum Gasteiger partial charge on any atom is 0.0328 e. The molecule has 2 atom stereocenters. The van der Waals surface area contributed by atoms with Gasteiger partial charge >= 0.3 is 0 Å². The van der Waals surface area contributed by atoms with E-state index in [2.05, 4.69) is 74.6 Å². The van der Waals surface area contributed by atoms with Gasteiger partial charge in [-0.2, -0.15) is 0 Å². The smallest absolute Gasteiger partial charge is 0.0328 e. The largest absolute Gasteiger partial charge is 0.307 e. The van der Waals surface area contributed by atoms with E-state index in [4.69, 9.17) is 0 Å². The van der Waals surface area contributed by atoms with E-state index >= 15 is 0 Å². The molecule has 0 radical (unpaired) electrons. The molecule has 1 heteroatoms. The molecule has 22 heavy (non-hydrogen) atoms. The van der Waals surface area contributed by atoms with Crippen LogP contribution in [0.25, 0.3) is 0 Å². The van der Waals surface area contributed by atoms with Crippen LogP contribution in [0.15, 0.2) is 48.5 Å². The molecule has 2 unspecified atom stereocenters. The van der Waals surface area contributed by atoms with Gasteiger partial charge in [-0.1, -0.05) is 62.4 Å². The fourth-order valence-electron chi connectivity index (χ4n) is 3.50. The van der Waals surface area contributed by atoms with E-state index in [1.165, 1.54) is 28.7 Å². The van der Waals surface area contributed by atoms with Crippen LogP contribution in [0, 0.1) is 0 Å². The number of hydrogen-bond acceptors (Lipinski definition) is 1. The highest BCUT2D eigenvalue weighted by atomic mass is 15.0. The number of rotatable bonds is 4. The second-order valence-electron chi connectivity index (χ2n) is 6.96. The van der Waals surface area contributed by atoms with Gasteiger partial charge in [0.15, 0.2) is 0 Å². The summed E-state index contributed by atoms with van der Waals surface area (Å²) < 4.78 is 0. The molecular weight excluding hydrogens is 266 g/mol. The Labute approximate surface area is 134 Å². The van der Waals surface area contributed by atoms with Gasteiger partial charge < -0.3 is 5.32 Å². The highest BCUT2D eigenvalue weighted by Gasteiger charge is 2.24. The maximum absolute atomic E-state index is 3.81. The molecule has 2 aromatic carbocycles. The summed E-state index contributed by atoms with van der Waals surface area (Å²) in [7, 11) is 0. The second kappa shape index (κ2) is 6.66. The predicted octanol–water partition coefficient (Wildman–Crippen LogP) is 5.02. The quantitative estimate of drug-likeness (QED) is 0.834. The number of hydrogen-bond donors (Lipinski definition) is 1. The Kier molecular flexibility index (Phi) is 4.63. The molecule has 1 nitrogen and oxygen atoms in total. The van der Waals surface area contributed by atoms with Gasteiger partial charge in [0, 0.05) is 12.1 Å². The molecule has 0 aromatic heterocycles. The lowest BCUT2D eigenvalue weighted by Crippen LogP contribution is -2.37. The summed E-state index contributed by atoms with van der Waals surface area (Å²) in [5.74, 6) is 0.597. The topological polar surface area (TPSA) is 12.0 Å². The zero-order chi connectivity index (χ0) is 15.5. The first-order valence-electron chi connectivity index (χ1n) is 8.56. The fraction of sp³-hybridized carbons (Fsp3) is 0.429. The van der Waals surface area contributed by atoms with Crippen molar-refractivity contribution in [1.29, 1.82) is 0 Å². The lowest BCUT2D eigenvalue weighted by Gasteiger charge is -2.32. The lowest BCUT2D eigenvalue weighted by molar-refractivity contribution is 0.403. The van der Waals surface area contributed by atoms with E-state index in [1.54, 1.807) is 0 Å². The molecular formula is C21H27N. The van der Waals surface area contributed by atoms with Crippen molar-refractivity contribution in [2.75, 3.05) is 0 Å². The van der Waals surface area contributed by atoms with Crippen LogP contribution in [0.5, 0.6) is 0 Å². The molecule has 0 amide bonds. The molecule has 1 N–H and O–H groups in total. The monoisotopic (exact) mass is 293 g/mol. The van der Waals surface area contributed by atoms with Gasteiger partial charge in [-0.3, -0.25) is 0 Å². The Bertz CT molecular complexity index is 615. The summed E-state index contributed by atoms with van der Waals surface area (Å²) in [5, 5.41) is 3.81. The van der Waals surface area contributed by atoms with Crippen molar-refractivity contribution in [2.24, 2.45) is 0 Å². The summed E-state index contributed by atoms with van der Waals surface area (Å²) >= 11 is 0. The third-order valence-corrected chi connectivity index (χ3v) is 4.79. The van der Waals surface area contributed by atoms with Crippen LogP contribution in [0.4, 0.5) is 0 Å². The van der Waals surface area contributed by atoms with Crippen LogP contribution in [0.1, 0.15) is 61.4 Å². The predicted molar refractivity (Wildman–Crippen MR) is 94.3 cm³/mol. The Morgan fingerprint density at radius 2 is 1.86 bits per heavy atom. The molecule has 0 spiro atoms. The van der Waals surface area contributed by atoms with Gasteiger partial charge in [-0.15, -0.1) is 0 Å². The fourth-order valence-corrected chi connectivity index (χ4v) is 3.50. The number of nitrogens with one attached hydrogen (secondary N) is 1. The van der Waals surface area contributed by atoms with Crippen molar-refractivity contribution in [3.05, 3.63) is 70.8 Å². The highest BCUT2D eigenvalue weighted by molar-refractivity contribution is 5.38. The van der Waals surface area contributed by atoms with Crippen LogP contribution in [-0.4, -0.2) is 6.04 Å². The third-order valence-electron chi connectivity index (χ3n) is 4.79. The molecule has 0 bridgehead atoms. The van der Waals surface area contributed by atoms with Gasteiger partial charge in [0.2, 0.25) is 0 Å². The molecule has 1 heterocycles. The van der Waals surface area contributed by atoms with Crippen molar-refractivity contribution in [3.63, 3.8) is 0 Å². The van der Waals surface area contributed by atoms with E-state index in [9.17, 15) is 0 Å². The number of fused-ring (bicyclic) bond motifs is 1. The Morgan fingerprint density at radius 1 is 1.09 bits per heavy atom. The second-order valence-corrected chi connectivity index (χ2v) is 6.96. The first kappa shape index (κ1) is 15.3. The first-order chi connectivity index (χ1) is 10.6. The first-order valence-corrected chi connectivity index (χ1v) is 8.56. The zero-order valence-electron chi connectivity index (χ0n) is 14.0. The molecule has 0 fully saturated rings. The number of benzene rings is 2. The van der Waals surface area contributed by atoms with E-state index in [0.29, 0.717) is 18.0 Å². The standard InChI is InChI=1S/C21H27N/c1-15(2)18-10-11-19-13-16(3)22-21(20(19)14-18)12-9-17-7-5-4-6-8-17/h4-8,10-11,14-16,21-22H,9,12-13H2,1-3H3. The van der Waals surface area contributed by atoms with E-state index < -0.39 is 0 Å². The summed E-state index contributed by atoms with van der Waals surface area (Å²) in [6.45, 7) is 6.86. The minimum Gasteiger partial charge on any atom is -0.307 e. The van der Waals surface area contributed by atoms with Crippen molar-refractivity contribution >= 4 is 0 Å². The number of aryl methyl sites for hydroxylation is 1. The molecule has 116 valence electrons. The summed E-state index contributed by atoms with van der Waals surface area (Å²) in [6.07, 6.45) is 3.45. The van der Waals surface area contributed by atoms with Crippen molar-refractivity contribution in [2.45, 2.75) is 58.0 Å². The van der Waals surface area contributed by atoms with Crippen LogP contribution < -0.4 is 5.32 Å². The summed E-state index contributed by atoms with van der Waals surface area (Å²) in [4.78, 5) is 0. The lowest BCUT2D eigenvalue weighted by atomic mass is 9.85. The Balaban J connectivity index is 1.81. The van der Waals surface area contributed by atoms with Gasteiger partial charge in [0.25, 0.3) is 0 Å². The van der Waals surface area contributed by atoms with E-state index in [1.807, 2.05) is 0 Å². The molecule has 0 aliphatic carbocycles. The van der Waals surface area contributed by atoms with Gasteiger partial charge in [0.05, 0.1) is 0 Å². The molecule has 2 aromatic rings. The zero-order valence-corrected chi connectivity index (χ0v) is 14.0. The molecule has 3 rings (SSSR count). The maximum atomic E-state index is 3.81.